The third-order valence-corrected chi connectivity index (χ3v) is 3.73. The number of fused-ring (bicyclic) bond motifs is 1. The molecule has 2 aromatic rings. The first-order valence-corrected chi connectivity index (χ1v) is 6.65. The van der Waals surface area contributed by atoms with E-state index >= 15 is 0 Å². The minimum atomic E-state index is -0.154. The Balaban J connectivity index is 2.18. The Morgan fingerprint density at radius 1 is 1.32 bits per heavy atom. The highest BCUT2D eigenvalue weighted by Crippen LogP contribution is 2.21. The van der Waals surface area contributed by atoms with E-state index in [1.165, 1.54) is 5.56 Å². The molecule has 1 N–H and O–H groups in total. The second-order valence-electron chi connectivity index (χ2n) is 5.04. The lowest BCUT2D eigenvalue weighted by molar-refractivity contribution is 0.246. The molecule has 0 unspecified atom stereocenters. The summed E-state index contributed by atoms with van der Waals surface area (Å²) in [6.07, 6.45) is 4.07. The van der Waals surface area contributed by atoms with Crippen molar-refractivity contribution in [2.45, 2.75) is 39.2 Å². The van der Waals surface area contributed by atoms with Crippen LogP contribution < -0.4 is 5.56 Å². The summed E-state index contributed by atoms with van der Waals surface area (Å²) in [5.41, 5.74) is 3.00. The standard InChI is InChI=1S/C15H17NO3/c1-10-8-11-4-2-3-5-13(11)15(18)16(10)14-7-6-12(9-17)19-14/h6-8,17H,2-5,9H2,1H3. The lowest BCUT2D eigenvalue weighted by atomic mass is 9.92. The van der Waals surface area contributed by atoms with Crippen LogP contribution in [0.5, 0.6) is 0 Å². The number of hydrogen-bond donors (Lipinski definition) is 1. The predicted octanol–water partition coefficient (Wildman–Crippen LogP) is 2.11. The van der Waals surface area contributed by atoms with Gasteiger partial charge in [-0.15, -0.1) is 0 Å². The molecule has 100 valence electrons. The minimum absolute atomic E-state index is 0.0218. The maximum atomic E-state index is 12.6. The molecule has 0 fully saturated rings. The van der Waals surface area contributed by atoms with Crippen LogP contribution in [0.1, 0.15) is 35.4 Å². The Morgan fingerprint density at radius 3 is 2.84 bits per heavy atom. The van der Waals surface area contributed by atoms with Gasteiger partial charge in [-0.25, -0.2) is 0 Å². The van der Waals surface area contributed by atoms with Crippen molar-refractivity contribution in [3.8, 4) is 5.88 Å². The number of aliphatic hydroxyl groups excluding tert-OH is 1. The summed E-state index contributed by atoms with van der Waals surface area (Å²) in [5.74, 6) is 0.957. The zero-order valence-corrected chi connectivity index (χ0v) is 11.0. The van der Waals surface area contributed by atoms with Crippen molar-refractivity contribution in [1.29, 1.82) is 0 Å². The van der Waals surface area contributed by atoms with E-state index in [2.05, 4.69) is 6.07 Å². The maximum Gasteiger partial charge on any atom is 0.261 e. The molecule has 0 radical (unpaired) electrons. The SMILES string of the molecule is Cc1cc2c(c(=O)n1-c1ccc(CO)o1)CCCC2. The molecule has 1 aliphatic rings. The molecule has 0 saturated carbocycles. The molecule has 2 aromatic heterocycles. The van der Waals surface area contributed by atoms with Crippen molar-refractivity contribution in [2.75, 3.05) is 0 Å². The smallest absolute Gasteiger partial charge is 0.261 e. The van der Waals surface area contributed by atoms with Crippen molar-refractivity contribution in [3.63, 3.8) is 0 Å². The Morgan fingerprint density at radius 2 is 2.11 bits per heavy atom. The first kappa shape index (κ1) is 12.2. The molecule has 0 bridgehead atoms. The Kier molecular flexibility index (Phi) is 3.03. The van der Waals surface area contributed by atoms with Gasteiger partial charge in [0.15, 0.2) is 0 Å². The quantitative estimate of drug-likeness (QED) is 0.898. The van der Waals surface area contributed by atoms with Crippen molar-refractivity contribution >= 4 is 0 Å². The Labute approximate surface area is 111 Å². The van der Waals surface area contributed by atoms with Gasteiger partial charge in [0.25, 0.3) is 5.56 Å². The fraction of sp³-hybridized carbons (Fsp3) is 0.400. The van der Waals surface area contributed by atoms with Gasteiger partial charge in [-0.3, -0.25) is 9.36 Å². The number of pyridine rings is 1. The molecule has 0 spiro atoms. The predicted molar refractivity (Wildman–Crippen MR) is 71.6 cm³/mol. The van der Waals surface area contributed by atoms with E-state index in [9.17, 15) is 4.79 Å². The summed E-state index contributed by atoms with van der Waals surface area (Å²) < 4.78 is 7.09. The number of rotatable bonds is 2. The van der Waals surface area contributed by atoms with E-state index in [-0.39, 0.29) is 12.2 Å². The van der Waals surface area contributed by atoms with Crippen molar-refractivity contribution < 1.29 is 9.52 Å². The number of nitrogens with zero attached hydrogens (tertiary/aromatic N) is 1. The lowest BCUT2D eigenvalue weighted by Gasteiger charge is -2.18. The van der Waals surface area contributed by atoms with Crippen LogP contribution in [0.25, 0.3) is 5.88 Å². The molecule has 19 heavy (non-hydrogen) atoms. The fourth-order valence-electron chi connectivity index (χ4n) is 2.79. The van der Waals surface area contributed by atoms with Crippen molar-refractivity contribution in [2.24, 2.45) is 0 Å². The highest BCUT2D eigenvalue weighted by atomic mass is 16.4. The molecule has 0 aromatic carbocycles. The molecule has 4 heteroatoms. The molecule has 0 saturated heterocycles. The number of hydrogen-bond acceptors (Lipinski definition) is 3. The third kappa shape index (κ3) is 2.02. The van der Waals surface area contributed by atoms with E-state index in [0.29, 0.717) is 11.6 Å². The van der Waals surface area contributed by atoms with E-state index < -0.39 is 0 Å². The highest BCUT2D eigenvalue weighted by Gasteiger charge is 2.18. The monoisotopic (exact) mass is 259 g/mol. The molecule has 4 nitrogen and oxygen atoms in total. The molecular formula is C15H17NO3. The Hall–Kier alpha value is -1.81. The maximum absolute atomic E-state index is 12.6. The zero-order valence-electron chi connectivity index (χ0n) is 11.0. The van der Waals surface area contributed by atoms with Crippen LogP contribution in [0.4, 0.5) is 0 Å². The first-order valence-electron chi connectivity index (χ1n) is 6.65. The van der Waals surface area contributed by atoms with Crippen LogP contribution in [-0.2, 0) is 19.4 Å². The van der Waals surface area contributed by atoms with Crippen molar-refractivity contribution in [3.05, 3.63) is 51.1 Å². The summed E-state index contributed by atoms with van der Waals surface area (Å²) in [7, 11) is 0. The fourth-order valence-corrected chi connectivity index (χ4v) is 2.79. The van der Waals surface area contributed by atoms with E-state index in [1.807, 2.05) is 6.92 Å². The number of furan rings is 1. The summed E-state index contributed by atoms with van der Waals surface area (Å²) in [6.45, 7) is 1.76. The van der Waals surface area contributed by atoms with Crippen LogP contribution in [0.3, 0.4) is 0 Å². The van der Waals surface area contributed by atoms with Gasteiger partial charge in [-0.2, -0.15) is 0 Å². The summed E-state index contributed by atoms with van der Waals surface area (Å²) in [5, 5.41) is 9.05. The number of aliphatic hydroxyl groups is 1. The van der Waals surface area contributed by atoms with Crippen LogP contribution >= 0.6 is 0 Å². The zero-order chi connectivity index (χ0) is 13.4. The molecule has 0 amide bonds. The van der Waals surface area contributed by atoms with Crippen molar-refractivity contribution in [1.82, 2.24) is 4.57 Å². The van der Waals surface area contributed by atoms with Crippen LogP contribution in [0.15, 0.2) is 27.4 Å². The topological polar surface area (TPSA) is 55.4 Å². The largest absolute Gasteiger partial charge is 0.442 e. The molecular weight excluding hydrogens is 242 g/mol. The van der Waals surface area contributed by atoms with Gasteiger partial charge in [-0.05, 0) is 50.3 Å². The van der Waals surface area contributed by atoms with E-state index in [1.54, 1.807) is 16.7 Å². The molecule has 2 heterocycles. The van der Waals surface area contributed by atoms with Gasteiger partial charge in [-0.1, -0.05) is 0 Å². The summed E-state index contributed by atoms with van der Waals surface area (Å²) in [6, 6.07) is 5.51. The molecule has 0 aliphatic heterocycles. The molecule has 1 aliphatic carbocycles. The second kappa shape index (κ2) is 4.70. The van der Waals surface area contributed by atoms with E-state index in [0.717, 1.165) is 36.9 Å². The van der Waals surface area contributed by atoms with E-state index in [4.69, 9.17) is 9.52 Å². The second-order valence-corrected chi connectivity index (χ2v) is 5.04. The van der Waals surface area contributed by atoms with Gasteiger partial charge in [0.05, 0.1) is 0 Å². The van der Waals surface area contributed by atoms with Crippen LogP contribution in [-0.4, -0.2) is 9.67 Å². The highest BCUT2D eigenvalue weighted by molar-refractivity contribution is 5.35. The minimum Gasteiger partial charge on any atom is -0.442 e. The number of aromatic nitrogens is 1. The lowest BCUT2D eigenvalue weighted by Crippen LogP contribution is -2.27. The molecule has 0 atom stereocenters. The normalized spacial score (nSPS) is 14.4. The van der Waals surface area contributed by atoms with Crippen LogP contribution in [0.2, 0.25) is 0 Å². The van der Waals surface area contributed by atoms with Gasteiger partial charge in [0, 0.05) is 17.3 Å². The van der Waals surface area contributed by atoms with Gasteiger partial charge < -0.3 is 9.52 Å². The Bertz CT molecular complexity index is 667. The average molecular weight is 259 g/mol. The van der Waals surface area contributed by atoms with Gasteiger partial charge in [0.2, 0.25) is 5.88 Å². The molecule has 3 rings (SSSR count). The first-order chi connectivity index (χ1) is 9.20. The number of aryl methyl sites for hydroxylation is 2. The third-order valence-electron chi connectivity index (χ3n) is 3.73. The summed E-state index contributed by atoms with van der Waals surface area (Å²) in [4.78, 5) is 12.6. The average Bonchev–Trinajstić information content (AvgIpc) is 2.87. The van der Waals surface area contributed by atoms with Crippen LogP contribution in [0, 0.1) is 6.92 Å². The summed E-state index contributed by atoms with van der Waals surface area (Å²) >= 11 is 0. The van der Waals surface area contributed by atoms with Gasteiger partial charge >= 0.3 is 0 Å². The van der Waals surface area contributed by atoms with Gasteiger partial charge in [0.1, 0.15) is 12.4 Å².